The number of esters is 1. The molecule has 0 aliphatic rings. The third-order valence-electron chi connectivity index (χ3n) is 3.64. The first-order chi connectivity index (χ1) is 10.1. The van der Waals surface area contributed by atoms with E-state index < -0.39 is 5.54 Å². The van der Waals surface area contributed by atoms with Crippen LogP contribution in [0, 0.1) is 0 Å². The van der Waals surface area contributed by atoms with E-state index in [-0.39, 0.29) is 5.97 Å². The molecular weight excluding hydrogens is 266 g/mol. The van der Waals surface area contributed by atoms with Crippen LogP contribution in [0.25, 0.3) is 0 Å². The van der Waals surface area contributed by atoms with Crippen molar-refractivity contribution in [3.63, 3.8) is 0 Å². The molecule has 1 rings (SSSR count). The maximum atomic E-state index is 12.1. The maximum Gasteiger partial charge on any atom is 0.326 e. The molecule has 1 unspecified atom stereocenters. The number of ether oxygens (including phenoxy) is 1. The summed E-state index contributed by atoms with van der Waals surface area (Å²) in [4.78, 5) is 16.5. The summed E-state index contributed by atoms with van der Waals surface area (Å²) in [6, 6.07) is 0. The van der Waals surface area contributed by atoms with Crippen LogP contribution < -0.4 is 5.32 Å². The van der Waals surface area contributed by atoms with Gasteiger partial charge in [-0.05, 0) is 39.7 Å². The van der Waals surface area contributed by atoms with Crippen LogP contribution in [0.1, 0.15) is 52.8 Å². The van der Waals surface area contributed by atoms with Gasteiger partial charge in [0, 0.05) is 25.4 Å². The smallest absolute Gasteiger partial charge is 0.326 e. The molecule has 5 nitrogen and oxygen atoms in total. The quantitative estimate of drug-likeness (QED) is 0.674. The van der Waals surface area contributed by atoms with Gasteiger partial charge in [-0.1, -0.05) is 13.8 Å². The summed E-state index contributed by atoms with van der Waals surface area (Å²) < 4.78 is 7.37. The lowest BCUT2D eigenvalue weighted by molar-refractivity contribution is -0.150. The molecule has 0 aliphatic carbocycles. The Morgan fingerprint density at radius 1 is 1.43 bits per heavy atom. The Balaban J connectivity index is 2.57. The number of likely N-dealkylation sites (N-methyl/N-ethyl adjacent to an activating group) is 1. The second kappa shape index (κ2) is 8.82. The van der Waals surface area contributed by atoms with Gasteiger partial charge in [0.2, 0.25) is 0 Å². The molecule has 0 aromatic carbocycles. The summed E-state index contributed by atoms with van der Waals surface area (Å²) in [5, 5.41) is 3.26. The Hall–Kier alpha value is -1.36. The Kier molecular flexibility index (Phi) is 7.43. The average Bonchev–Trinajstić information content (AvgIpc) is 2.87. The lowest BCUT2D eigenvalue weighted by Gasteiger charge is -2.28. The summed E-state index contributed by atoms with van der Waals surface area (Å²) in [5.74, 6) is 0.963. The minimum atomic E-state index is -0.601. The molecule has 1 atom stereocenters. The van der Waals surface area contributed by atoms with Crippen molar-refractivity contribution in [1.29, 1.82) is 0 Å². The Morgan fingerprint density at radius 3 is 2.81 bits per heavy atom. The second-order valence-corrected chi connectivity index (χ2v) is 5.47. The molecule has 0 radical (unpaired) electrons. The molecule has 0 spiro atoms. The van der Waals surface area contributed by atoms with Crippen molar-refractivity contribution in [2.45, 2.75) is 65.5 Å². The molecule has 120 valence electrons. The predicted molar refractivity (Wildman–Crippen MR) is 84.2 cm³/mol. The number of hydrogen-bond donors (Lipinski definition) is 1. The fraction of sp³-hybridized carbons (Fsp3) is 0.750. The zero-order valence-electron chi connectivity index (χ0n) is 13.8. The van der Waals surface area contributed by atoms with E-state index in [9.17, 15) is 4.79 Å². The summed E-state index contributed by atoms with van der Waals surface area (Å²) in [6.07, 6.45) is 7.61. The largest absolute Gasteiger partial charge is 0.465 e. The molecular formula is C16H29N3O2. The normalized spacial score (nSPS) is 13.9. The maximum absolute atomic E-state index is 12.1. The standard InChI is InChI=1S/C16H29N3O2/c1-5-9-14-17-11-13-19(14)12-8-10-16(4,18-6-2)15(20)21-7-3/h11,13,18H,5-10,12H2,1-4H3. The van der Waals surface area contributed by atoms with Crippen molar-refractivity contribution in [2.75, 3.05) is 13.2 Å². The van der Waals surface area contributed by atoms with E-state index in [0.29, 0.717) is 6.61 Å². The molecule has 1 aromatic heterocycles. The number of hydrogen-bond acceptors (Lipinski definition) is 4. The summed E-state index contributed by atoms with van der Waals surface area (Å²) in [6.45, 7) is 9.98. The highest BCUT2D eigenvalue weighted by Gasteiger charge is 2.33. The number of rotatable bonds is 10. The van der Waals surface area contributed by atoms with Crippen LogP contribution in [-0.2, 0) is 22.5 Å². The second-order valence-electron chi connectivity index (χ2n) is 5.47. The molecule has 0 amide bonds. The van der Waals surface area contributed by atoms with Crippen molar-refractivity contribution < 1.29 is 9.53 Å². The number of nitrogens with one attached hydrogen (secondary N) is 1. The van der Waals surface area contributed by atoms with Gasteiger partial charge in [0.25, 0.3) is 0 Å². The predicted octanol–water partition coefficient (Wildman–Crippen LogP) is 2.55. The lowest BCUT2D eigenvalue weighted by atomic mass is 9.95. The minimum Gasteiger partial charge on any atom is -0.465 e. The van der Waals surface area contributed by atoms with Crippen LogP contribution in [-0.4, -0.2) is 34.2 Å². The number of imidazole rings is 1. The van der Waals surface area contributed by atoms with E-state index >= 15 is 0 Å². The number of aryl methyl sites for hydroxylation is 2. The van der Waals surface area contributed by atoms with Crippen LogP contribution in [0.3, 0.4) is 0 Å². The number of aromatic nitrogens is 2. The topological polar surface area (TPSA) is 56.2 Å². The first-order valence-electron chi connectivity index (χ1n) is 7.99. The van der Waals surface area contributed by atoms with E-state index in [2.05, 4.69) is 21.8 Å². The van der Waals surface area contributed by atoms with Crippen LogP contribution in [0.2, 0.25) is 0 Å². The van der Waals surface area contributed by atoms with Gasteiger partial charge in [-0.3, -0.25) is 4.79 Å². The van der Waals surface area contributed by atoms with Crippen LogP contribution in [0.4, 0.5) is 0 Å². The molecule has 0 bridgehead atoms. The fourth-order valence-corrected chi connectivity index (χ4v) is 2.54. The summed E-state index contributed by atoms with van der Waals surface area (Å²) in [7, 11) is 0. The third-order valence-corrected chi connectivity index (χ3v) is 3.64. The zero-order valence-corrected chi connectivity index (χ0v) is 13.8. The number of nitrogens with zero attached hydrogens (tertiary/aromatic N) is 2. The van der Waals surface area contributed by atoms with Gasteiger partial charge in [0.05, 0.1) is 6.61 Å². The zero-order chi connectivity index (χ0) is 15.7. The van der Waals surface area contributed by atoms with Gasteiger partial charge < -0.3 is 14.6 Å². The van der Waals surface area contributed by atoms with Gasteiger partial charge in [0.1, 0.15) is 11.4 Å². The summed E-state index contributed by atoms with van der Waals surface area (Å²) >= 11 is 0. The van der Waals surface area contributed by atoms with E-state index in [1.54, 1.807) is 0 Å². The van der Waals surface area contributed by atoms with Crippen molar-refractivity contribution in [2.24, 2.45) is 0 Å². The van der Waals surface area contributed by atoms with Crippen molar-refractivity contribution in [3.8, 4) is 0 Å². The van der Waals surface area contributed by atoms with Gasteiger partial charge in [0.15, 0.2) is 0 Å². The molecule has 0 fully saturated rings. The SMILES string of the molecule is CCCc1nccn1CCCC(C)(NCC)C(=O)OCC. The van der Waals surface area contributed by atoms with E-state index in [4.69, 9.17) is 4.74 Å². The Bertz CT molecular complexity index is 431. The van der Waals surface area contributed by atoms with E-state index in [1.807, 2.05) is 33.2 Å². The monoisotopic (exact) mass is 295 g/mol. The van der Waals surface area contributed by atoms with Crippen molar-refractivity contribution in [3.05, 3.63) is 18.2 Å². The van der Waals surface area contributed by atoms with Crippen LogP contribution in [0.5, 0.6) is 0 Å². The lowest BCUT2D eigenvalue weighted by Crippen LogP contribution is -2.50. The summed E-state index contributed by atoms with van der Waals surface area (Å²) in [5.41, 5.74) is -0.601. The first-order valence-corrected chi connectivity index (χ1v) is 7.99. The van der Waals surface area contributed by atoms with E-state index in [1.165, 1.54) is 0 Å². The third kappa shape index (κ3) is 5.16. The fourth-order valence-electron chi connectivity index (χ4n) is 2.54. The molecule has 0 aliphatic heterocycles. The Labute approximate surface area is 128 Å². The Morgan fingerprint density at radius 2 is 2.19 bits per heavy atom. The molecule has 0 saturated carbocycles. The molecule has 1 N–H and O–H groups in total. The highest BCUT2D eigenvalue weighted by molar-refractivity contribution is 5.80. The molecule has 1 heterocycles. The molecule has 21 heavy (non-hydrogen) atoms. The number of carbonyl (C=O) groups excluding carboxylic acids is 1. The van der Waals surface area contributed by atoms with Gasteiger partial charge in [-0.2, -0.15) is 0 Å². The van der Waals surface area contributed by atoms with Crippen LogP contribution >= 0.6 is 0 Å². The van der Waals surface area contributed by atoms with Crippen molar-refractivity contribution in [1.82, 2.24) is 14.9 Å². The molecule has 1 aromatic rings. The van der Waals surface area contributed by atoms with Gasteiger partial charge in [-0.15, -0.1) is 0 Å². The van der Waals surface area contributed by atoms with Gasteiger partial charge in [-0.25, -0.2) is 4.98 Å². The molecule has 5 heteroatoms. The number of carbonyl (C=O) groups is 1. The molecule has 0 saturated heterocycles. The van der Waals surface area contributed by atoms with Crippen molar-refractivity contribution >= 4 is 5.97 Å². The highest BCUT2D eigenvalue weighted by Crippen LogP contribution is 2.16. The van der Waals surface area contributed by atoms with E-state index in [0.717, 1.165) is 44.6 Å². The first kappa shape index (κ1) is 17.7. The van der Waals surface area contributed by atoms with Crippen LogP contribution in [0.15, 0.2) is 12.4 Å². The minimum absolute atomic E-state index is 0.161. The average molecular weight is 295 g/mol. The highest BCUT2D eigenvalue weighted by atomic mass is 16.5. The van der Waals surface area contributed by atoms with Gasteiger partial charge >= 0.3 is 5.97 Å².